The maximum Gasteiger partial charge on any atom is 0.352 e. The van der Waals surface area contributed by atoms with Gasteiger partial charge in [0.2, 0.25) is 6.29 Å². The van der Waals surface area contributed by atoms with E-state index < -0.39 is 48.2 Å². The smallest absolute Gasteiger partial charge is 0.352 e. The molecule has 2 unspecified atom stereocenters. The number of hydrogen-bond donors (Lipinski definition) is 3. The first-order valence-corrected chi connectivity index (χ1v) is 11.6. The van der Waals surface area contributed by atoms with Crippen molar-refractivity contribution in [3.63, 3.8) is 0 Å². The summed E-state index contributed by atoms with van der Waals surface area (Å²) in [6.07, 6.45) is -7.75. The highest BCUT2D eigenvalue weighted by atomic mass is 35.5. The number of carbonyl (C=O) groups excluding carboxylic acids is 3. The first kappa shape index (κ1) is 28.3. The lowest BCUT2D eigenvalue weighted by molar-refractivity contribution is -0.290. The predicted molar refractivity (Wildman–Crippen MR) is 130 cm³/mol. The number of benzene rings is 2. The zero-order chi connectivity index (χ0) is 27.3. The zero-order valence-electron chi connectivity index (χ0n) is 20.1. The predicted octanol–water partition coefficient (Wildman–Crippen LogP) is 1.81. The van der Waals surface area contributed by atoms with E-state index in [1.165, 1.54) is 44.2 Å². The average Bonchev–Trinajstić information content (AvgIpc) is 2.87. The molecule has 0 bridgehead atoms. The number of ether oxygens (including phenoxy) is 4. The summed E-state index contributed by atoms with van der Waals surface area (Å²) in [4.78, 5) is 37.6. The van der Waals surface area contributed by atoms with Gasteiger partial charge in [-0.2, -0.15) is 0 Å². The molecular formula is C26H27ClO10. The van der Waals surface area contributed by atoms with Gasteiger partial charge in [0.1, 0.15) is 30.7 Å². The Morgan fingerprint density at radius 3 is 2.11 bits per heavy atom. The quantitative estimate of drug-likeness (QED) is 0.247. The van der Waals surface area contributed by atoms with Crippen LogP contribution in [0.5, 0.6) is 5.75 Å². The van der Waals surface area contributed by atoms with E-state index in [9.17, 15) is 29.7 Å². The fourth-order valence-corrected chi connectivity index (χ4v) is 3.52. The SMILES string of the molecule is C=CCOC(=O)C1O[C@@H](OC(=O)C(C)(C)Oc2ccc(C(=O)c3ccc(Cl)cc3)cc2)[C@@H](O)C(O)[C@@H]1O. The highest BCUT2D eigenvalue weighted by Gasteiger charge is 2.50. The number of carbonyl (C=O) groups is 3. The summed E-state index contributed by atoms with van der Waals surface area (Å²) in [5, 5.41) is 30.9. The van der Waals surface area contributed by atoms with E-state index >= 15 is 0 Å². The summed E-state index contributed by atoms with van der Waals surface area (Å²) in [7, 11) is 0. The lowest BCUT2D eigenvalue weighted by Crippen LogP contribution is -2.61. The summed E-state index contributed by atoms with van der Waals surface area (Å²) in [5.74, 6) is -2.03. The molecule has 1 aliphatic rings. The molecule has 0 saturated carbocycles. The number of rotatable bonds is 9. The second-order valence-electron chi connectivity index (χ2n) is 8.69. The molecule has 11 heteroatoms. The molecule has 37 heavy (non-hydrogen) atoms. The van der Waals surface area contributed by atoms with Crippen LogP contribution in [-0.4, -0.2) is 76.0 Å². The van der Waals surface area contributed by atoms with Crippen molar-refractivity contribution in [2.24, 2.45) is 0 Å². The van der Waals surface area contributed by atoms with Crippen LogP contribution in [0.1, 0.15) is 29.8 Å². The van der Waals surface area contributed by atoms with E-state index in [0.717, 1.165) is 0 Å². The van der Waals surface area contributed by atoms with Gasteiger partial charge in [0.25, 0.3) is 0 Å². The number of aliphatic hydroxyl groups is 3. The molecule has 2 aromatic carbocycles. The molecule has 1 heterocycles. The number of ketones is 1. The van der Waals surface area contributed by atoms with E-state index in [1.807, 2.05) is 0 Å². The van der Waals surface area contributed by atoms with Crippen LogP contribution in [0.15, 0.2) is 61.2 Å². The van der Waals surface area contributed by atoms with Crippen molar-refractivity contribution in [3.8, 4) is 5.75 Å². The van der Waals surface area contributed by atoms with Crippen LogP contribution >= 0.6 is 11.6 Å². The third kappa shape index (κ3) is 6.73. The normalized spacial score (nSPS) is 23.6. The standard InChI is InChI=1S/C26H27ClO10/c1-4-13-34-23(32)22-20(30)19(29)21(31)24(35-22)36-25(33)26(2,3)37-17-11-7-15(8-12-17)18(28)14-5-9-16(27)10-6-14/h4-12,19-22,24,29-31H,1,13H2,2-3H3/t19?,20-,21-,22?,24-/m0/s1. The summed E-state index contributed by atoms with van der Waals surface area (Å²) in [6.45, 7) is 5.99. The first-order valence-electron chi connectivity index (χ1n) is 11.2. The Kier molecular flexibility index (Phi) is 9.06. The number of esters is 2. The molecule has 0 amide bonds. The van der Waals surface area contributed by atoms with Gasteiger partial charge < -0.3 is 34.3 Å². The van der Waals surface area contributed by atoms with Crippen molar-refractivity contribution >= 4 is 29.3 Å². The number of aliphatic hydroxyl groups excluding tert-OH is 3. The Hall–Kier alpha value is -3.28. The van der Waals surface area contributed by atoms with Gasteiger partial charge >= 0.3 is 11.9 Å². The second-order valence-corrected chi connectivity index (χ2v) is 9.13. The third-order valence-corrected chi connectivity index (χ3v) is 5.71. The van der Waals surface area contributed by atoms with Gasteiger partial charge in [-0.05, 0) is 62.4 Å². The Morgan fingerprint density at radius 2 is 1.54 bits per heavy atom. The van der Waals surface area contributed by atoms with E-state index in [2.05, 4.69) is 6.58 Å². The molecule has 1 fully saturated rings. The molecule has 3 rings (SSSR count). The minimum absolute atomic E-state index is 0.181. The van der Waals surface area contributed by atoms with E-state index in [4.69, 9.17) is 30.5 Å². The van der Waals surface area contributed by atoms with Crippen molar-refractivity contribution < 1.29 is 48.7 Å². The molecule has 198 valence electrons. The Balaban J connectivity index is 1.66. The van der Waals surface area contributed by atoms with Crippen molar-refractivity contribution in [2.45, 2.75) is 50.2 Å². The third-order valence-electron chi connectivity index (χ3n) is 5.46. The Labute approximate surface area is 218 Å². The minimum Gasteiger partial charge on any atom is -0.476 e. The van der Waals surface area contributed by atoms with E-state index in [1.54, 1.807) is 24.3 Å². The van der Waals surface area contributed by atoms with Crippen LogP contribution in [0.25, 0.3) is 0 Å². The Morgan fingerprint density at radius 1 is 0.973 bits per heavy atom. The van der Waals surface area contributed by atoms with Gasteiger partial charge in [0.15, 0.2) is 17.5 Å². The highest BCUT2D eigenvalue weighted by molar-refractivity contribution is 6.30. The molecule has 3 N–H and O–H groups in total. The molecule has 0 aromatic heterocycles. The van der Waals surface area contributed by atoms with E-state index in [0.29, 0.717) is 16.1 Å². The van der Waals surface area contributed by atoms with Crippen LogP contribution < -0.4 is 4.74 Å². The Bertz CT molecular complexity index is 1130. The van der Waals surface area contributed by atoms with Gasteiger partial charge in [-0.15, -0.1) is 0 Å². The van der Waals surface area contributed by atoms with Gasteiger partial charge in [-0.25, -0.2) is 9.59 Å². The highest BCUT2D eigenvalue weighted by Crippen LogP contribution is 2.27. The maximum atomic E-state index is 12.8. The maximum absolute atomic E-state index is 12.8. The van der Waals surface area contributed by atoms with Gasteiger partial charge in [0, 0.05) is 16.1 Å². The molecule has 1 saturated heterocycles. The monoisotopic (exact) mass is 534 g/mol. The van der Waals surface area contributed by atoms with Gasteiger partial charge in [-0.3, -0.25) is 4.79 Å². The van der Waals surface area contributed by atoms with Crippen LogP contribution in [-0.2, 0) is 23.8 Å². The largest absolute Gasteiger partial charge is 0.476 e. The summed E-state index contributed by atoms with van der Waals surface area (Å²) < 4.78 is 20.9. The second kappa shape index (κ2) is 11.8. The number of hydrogen-bond acceptors (Lipinski definition) is 10. The van der Waals surface area contributed by atoms with Crippen LogP contribution in [0, 0.1) is 0 Å². The summed E-state index contributed by atoms with van der Waals surface area (Å²) >= 11 is 5.86. The van der Waals surface area contributed by atoms with Crippen LogP contribution in [0.2, 0.25) is 5.02 Å². The van der Waals surface area contributed by atoms with Crippen molar-refractivity contribution in [3.05, 3.63) is 77.3 Å². The van der Waals surface area contributed by atoms with E-state index in [-0.39, 0.29) is 18.1 Å². The molecule has 1 aliphatic heterocycles. The number of halogens is 1. The van der Waals surface area contributed by atoms with Crippen LogP contribution in [0.4, 0.5) is 0 Å². The molecular weight excluding hydrogens is 508 g/mol. The molecule has 10 nitrogen and oxygen atoms in total. The molecule has 0 radical (unpaired) electrons. The summed E-state index contributed by atoms with van der Waals surface area (Å²) in [5.41, 5.74) is -0.785. The zero-order valence-corrected chi connectivity index (χ0v) is 20.8. The summed E-state index contributed by atoms with van der Waals surface area (Å²) in [6, 6.07) is 12.5. The van der Waals surface area contributed by atoms with Crippen molar-refractivity contribution in [1.29, 1.82) is 0 Å². The average molecular weight is 535 g/mol. The van der Waals surface area contributed by atoms with Crippen LogP contribution in [0.3, 0.4) is 0 Å². The fraction of sp³-hybridized carbons (Fsp3) is 0.346. The lowest BCUT2D eigenvalue weighted by Gasteiger charge is -2.39. The van der Waals surface area contributed by atoms with Gasteiger partial charge in [-0.1, -0.05) is 24.3 Å². The molecule has 5 atom stereocenters. The minimum atomic E-state index is -1.86. The topological polar surface area (TPSA) is 149 Å². The van der Waals surface area contributed by atoms with Crippen molar-refractivity contribution in [2.75, 3.05) is 6.61 Å². The van der Waals surface area contributed by atoms with Crippen molar-refractivity contribution in [1.82, 2.24) is 0 Å². The van der Waals surface area contributed by atoms with Gasteiger partial charge in [0.05, 0.1) is 0 Å². The first-order chi connectivity index (χ1) is 17.4. The molecule has 0 spiro atoms. The fourth-order valence-electron chi connectivity index (χ4n) is 3.39. The molecule has 2 aromatic rings. The molecule has 0 aliphatic carbocycles. The lowest BCUT2D eigenvalue weighted by atomic mass is 9.99.